The van der Waals surface area contributed by atoms with Gasteiger partial charge in [-0.15, -0.1) is 10.2 Å². The van der Waals surface area contributed by atoms with Gasteiger partial charge in [0.15, 0.2) is 22.5 Å². The van der Waals surface area contributed by atoms with E-state index in [0.717, 1.165) is 17.8 Å². The van der Waals surface area contributed by atoms with Crippen LogP contribution in [0.25, 0.3) is 11.4 Å². The van der Waals surface area contributed by atoms with Gasteiger partial charge in [0, 0.05) is 12.1 Å². The fourth-order valence-electron chi connectivity index (χ4n) is 3.26. The highest BCUT2D eigenvalue weighted by atomic mass is 32.2. The Morgan fingerprint density at radius 3 is 2.26 bits per heavy atom. The summed E-state index contributed by atoms with van der Waals surface area (Å²) in [7, 11) is 4.51. The third kappa shape index (κ3) is 5.38. The van der Waals surface area contributed by atoms with Crippen LogP contribution in [0.3, 0.4) is 0 Å². The van der Waals surface area contributed by atoms with Crippen molar-refractivity contribution in [3.8, 4) is 28.6 Å². The molecule has 3 aromatic rings. The van der Waals surface area contributed by atoms with E-state index in [2.05, 4.69) is 15.5 Å². The van der Waals surface area contributed by atoms with Gasteiger partial charge in [0.05, 0.1) is 38.3 Å². The molecular formula is C22H23F3N4O4S. The van der Waals surface area contributed by atoms with Crippen molar-refractivity contribution in [1.29, 1.82) is 0 Å². The van der Waals surface area contributed by atoms with Crippen molar-refractivity contribution in [2.45, 2.75) is 24.8 Å². The molecule has 1 aromatic heterocycles. The number of anilines is 1. The maximum atomic E-state index is 13.2. The topological polar surface area (TPSA) is 87.5 Å². The normalized spacial score (nSPS) is 11.3. The second-order valence-electron chi connectivity index (χ2n) is 6.84. The molecule has 0 aliphatic rings. The molecule has 2 aromatic carbocycles. The summed E-state index contributed by atoms with van der Waals surface area (Å²) in [4.78, 5) is 12.4. The average Bonchev–Trinajstić information content (AvgIpc) is 3.24. The van der Waals surface area contributed by atoms with E-state index in [1.54, 1.807) is 16.7 Å². The van der Waals surface area contributed by atoms with E-state index in [1.165, 1.54) is 39.5 Å². The quantitative estimate of drug-likeness (QED) is 0.428. The third-order valence-corrected chi connectivity index (χ3v) is 5.76. The predicted octanol–water partition coefficient (Wildman–Crippen LogP) is 4.74. The molecule has 1 heterocycles. The SMILES string of the molecule is CCn1c(SCC(=O)Nc2ccccc2C(F)(F)F)nnc1-c1cc(OC)c(OC)c(OC)c1. The summed E-state index contributed by atoms with van der Waals surface area (Å²) in [5.41, 5.74) is -0.551. The number of ether oxygens (including phenoxy) is 3. The zero-order chi connectivity index (χ0) is 24.9. The number of hydrogen-bond acceptors (Lipinski definition) is 7. The summed E-state index contributed by atoms with van der Waals surface area (Å²) in [6, 6.07) is 8.28. The highest BCUT2D eigenvalue weighted by molar-refractivity contribution is 7.99. The van der Waals surface area contributed by atoms with Crippen LogP contribution in [0.2, 0.25) is 0 Å². The van der Waals surface area contributed by atoms with Crippen LogP contribution in [0.5, 0.6) is 17.2 Å². The minimum absolute atomic E-state index is 0.153. The Morgan fingerprint density at radius 2 is 1.71 bits per heavy atom. The fourth-order valence-corrected chi connectivity index (χ4v) is 4.06. The van der Waals surface area contributed by atoms with Gasteiger partial charge >= 0.3 is 6.18 Å². The summed E-state index contributed by atoms with van der Waals surface area (Å²) in [5.74, 6) is 1.08. The zero-order valence-corrected chi connectivity index (χ0v) is 19.7. The number of nitrogens with one attached hydrogen (secondary N) is 1. The van der Waals surface area contributed by atoms with Crippen LogP contribution in [0.15, 0.2) is 41.6 Å². The Morgan fingerprint density at radius 1 is 1.06 bits per heavy atom. The van der Waals surface area contributed by atoms with Gasteiger partial charge in [-0.2, -0.15) is 13.2 Å². The maximum absolute atomic E-state index is 13.2. The van der Waals surface area contributed by atoms with Crippen molar-refractivity contribution in [2.75, 3.05) is 32.4 Å². The number of benzene rings is 2. The number of nitrogens with zero attached hydrogens (tertiary/aromatic N) is 3. The molecule has 0 saturated heterocycles. The number of halogens is 3. The van der Waals surface area contributed by atoms with Gasteiger partial charge in [0.2, 0.25) is 11.7 Å². The molecule has 0 atom stereocenters. The number of carbonyl (C=O) groups excluding carboxylic acids is 1. The van der Waals surface area contributed by atoms with E-state index in [-0.39, 0.29) is 11.4 Å². The first kappa shape index (κ1) is 25.2. The molecule has 0 radical (unpaired) electrons. The molecule has 8 nitrogen and oxygen atoms in total. The van der Waals surface area contributed by atoms with E-state index in [1.807, 2.05) is 6.92 Å². The Hall–Kier alpha value is -3.41. The van der Waals surface area contributed by atoms with Crippen molar-refractivity contribution < 1.29 is 32.2 Å². The smallest absolute Gasteiger partial charge is 0.418 e. The van der Waals surface area contributed by atoms with E-state index < -0.39 is 17.6 Å². The molecule has 3 rings (SSSR count). The van der Waals surface area contributed by atoms with Gasteiger partial charge in [-0.05, 0) is 31.2 Å². The summed E-state index contributed by atoms with van der Waals surface area (Å²) >= 11 is 1.06. The number of thioether (sulfide) groups is 1. The van der Waals surface area contributed by atoms with Crippen LogP contribution in [-0.4, -0.2) is 47.8 Å². The number of aromatic nitrogens is 3. The first-order valence-corrected chi connectivity index (χ1v) is 11.0. The van der Waals surface area contributed by atoms with Gasteiger partial charge in [0.25, 0.3) is 0 Å². The molecular weight excluding hydrogens is 473 g/mol. The standard InChI is InChI=1S/C22H23F3N4O4S/c1-5-29-20(13-10-16(31-2)19(33-4)17(11-13)32-3)27-28-21(29)34-12-18(30)26-15-9-7-6-8-14(15)22(23,24)25/h6-11H,5,12H2,1-4H3,(H,26,30). The fraction of sp³-hybridized carbons (Fsp3) is 0.318. The molecule has 0 fully saturated rings. The second-order valence-corrected chi connectivity index (χ2v) is 7.79. The van der Waals surface area contributed by atoms with Crippen LogP contribution in [0.4, 0.5) is 18.9 Å². The number of rotatable bonds is 9. The Labute approximate surface area is 198 Å². The highest BCUT2D eigenvalue weighted by Gasteiger charge is 2.33. The van der Waals surface area contributed by atoms with E-state index in [4.69, 9.17) is 14.2 Å². The van der Waals surface area contributed by atoms with Gasteiger partial charge in [0.1, 0.15) is 0 Å². The number of methoxy groups -OCH3 is 3. The van der Waals surface area contributed by atoms with E-state index in [9.17, 15) is 18.0 Å². The monoisotopic (exact) mass is 496 g/mol. The third-order valence-electron chi connectivity index (χ3n) is 4.79. The predicted molar refractivity (Wildman–Crippen MR) is 122 cm³/mol. The second kappa shape index (κ2) is 10.7. The molecule has 12 heteroatoms. The Bertz CT molecular complexity index is 1140. The van der Waals surface area contributed by atoms with Crippen molar-refractivity contribution in [1.82, 2.24) is 14.8 Å². The van der Waals surface area contributed by atoms with Crippen molar-refractivity contribution in [2.24, 2.45) is 0 Å². The lowest BCUT2D eigenvalue weighted by atomic mass is 10.1. The molecule has 0 aliphatic carbocycles. The lowest BCUT2D eigenvalue weighted by Crippen LogP contribution is -2.18. The van der Waals surface area contributed by atoms with Gasteiger partial charge < -0.3 is 24.1 Å². The largest absolute Gasteiger partial charge is 0.493 e. The molecule has 0 bridgehead atoms. The molecule has 0 unspecified atom stereocenters. The molecule has 0 spiro atoms. The van der Waals surface area contributed by atoms with Crippen LogP contribution in [-0.2, 0) is 17.5 Å². The van der Waals surface area contributed by atoms with Crippen LogP contribution < -0.4 is 19.5 Å². The average molecular weight is 497 g/mol. The maximum Gasteiger partial charge on any atom is 0.418 e. The Kier molecular flexibility index (Phi) is 7.92. The van der Waals surface area contributed by atoms with Crippen molar-refractivity contribution in [3.63, 3.8) is 0 Å². The minimum Gasteiger partial charge on any atom is -0.493 e. The van der Waals surface area contributed by atoms with Crippen LogP contribution in [0.1, 0.15) is 12.5 Å². The first-order chi connectivity index (χ1) is 16.2. The van der Waals surface area contributed by atoms with Crippen LogP contribution >= 0.6 is 11.8 Å². The minimum atomic E-state index is -4.57. The summed E-state index contributed by atoms with van der Waals surface area (Å²) in [6.07, 6.45) is -4.57. The van der Waals surface area contributed by atoms with E-state index >= 15 is 0 Å². The molecule has 34 heavy (non-hydrogen) atoms. The first-order valence-electron chi connectivity index (χ1n) is 10.1. The Balaban J connectivity index is 1.81. The summed E-state index contributed by atoms with van der Waals surface area (Å²) in [6.45, 7) is 2.37. The highest BCUT2D eigenvalue weighted by Crippen LogP contribution is 2.41. The van der Waals surface area contributed by atoms with Gasteiger partial charge in [-0.3, -0.25) is 4.79 Å². The molecule has 0 aliphatic heterocycles. The van der Waals surface area contributed by atoms with Crippen molar-refractivity contribution in [3.05, 3.63) is 42.0 Å². The zero-order valence-electron chi connectivity index (χ0n) is 18.9. The van der Waals surface area contributed by atoms with Gasteiger partial charge in [-0.1, -0.05) is 23.9 Å². The number of hydrogen-bond donors (Lipinski definition) is 1. The lowest BCUT2D eigenvalue weighted by Gasteiger charge is -2.14. The molecule has 1 amide bonds. The number of para-hydroxylation sites is 1. The summed E-state index contributed by atoms with van der Waals surface area (Å²) in [5, 5.41) is 11.1. The summed E-state index contributed by atoms with van der Waals surface area (Å²) < 4.78 is 57.4. The molecule has 1 N–H and O–H groups in total. The molecule has 182 valence electrons. The lowest BCUT2D eigenvalue weighted by molar-refractivity contribution is -0.137. The number of carbonyl (C=O) groups is 1. The van der Waals surface area contributed by atoms with E-state index in [0.29, 0.717) is 40.3 Å². The van der Waals surface area contributed by atoms with Crippen LogP contribution in [0, 0.1) is 0 Å². The molecule has 0 saturated carbocycles. The number of alkyl halides is 3. The van der Waals surface area contributed by atoms with Crippen molar-refractivity contribution >= 4 is 23.4 Å². The number of amides is 1. The van der Waals surface area contributed by atoms with Gasteiger partial charge in [-0.25, -0.2) is 0 Å².